The van der Waals surface area contributed by atoms with Crippen LogP contribution in [0.5, 0.6) is 0 Å². The first-order valence-electron chi connectivity index (χ1n) is 6.40. The summed E-state index contributed by atoms with van der Waals surface area (Å²) in [5.41, 5.74) is 3.44. The summed E-state index contributed by atoms with van der Waals surface area (Å²) >= 11 is 12.1. The van der Waals surface area contributed by atoms with Gasteiger partial charge in [-0.05, 0) is 54.4 Å². The Hall–Kier alpha value is -1.02. The van der Waals surface area contributed by atoms with Crippen LogP contribution >= 0.6 is 23.2 Å². The number of hydrogen-bond donors (Lipinski definition) is 1. The predicted octanol–water partition coefficient (Wildman–Crippen LogP) is 5.33. The van der Waals surface area contributed by atoms with Crippen LogP contribution in [0.25, 0.3) is 11.1 Å². The summed E-state index contributed by atoms with van der Waals surface area (Å²) in [5.74, 6) is 0. The highest BCUT2D eigenvalue weighted by molar-refractivity contribution is 6.35. The van der Waals surface area contributed by atoms with E-state index >= 15 is 0 Å². The lowest BCUT2D eigenvalue weighted by atomic mass is 10.00. The largest absolute Gasteiger partial charge is 0.310 e. The van der Waals surface area contributed by atoms with Crippen molar-refractivity contribution < 1.29 is 0 Å². The molecule has 0 aromatic heterocycles. The number of rotatable bonds is 4. The number of nitrogens with one attached hydrogen (secondary N) is 1. The molecule has 0 aliphatic carbocycles. The van der Waals surface area contributed by atoms with Crippen LogP contribution in [-0.4, -0.2) is 6.54 Å². The molecule has 19 heavy (non-hydrogen) atoms. The first kappa shape index (κ1) is 14.4. The highest BCUT2D eigenvalue weighted by Gasteiger charge is 2.06. The zero-order valence-electron chi connectivity index (χ0n) is 11.1. The van der Waals surface area contributed by atoms with E-state index in [1.807, 2.05) is 12.1 Å². The Bertz CT molecular complexity index is 546. The Morgan fingerprint density at radius 2 is 1.68 bits per heavy atom. The van der Waals surface area contributed by atoms with E-state index in [2.05, 4.69) is 43.4 Å². The van der Waals surface area contributed by atoms with E-state index in [9.17, 15) is 0 Å². The molecule has 1 N–H and O–H groups in total. The molecule has 0 aliphatic rings. The molecule has 0 saturated heterocycles. The van der Waals surface area contributed by atoms with Gasteiger partial charge in [0.2, 0.25) is 0 Å². The number of benzene rings is 2. The average molecular weight is 294 g/mol. The first-order chi connectivity index (χ1) is 9.10. The van der Waals surface area contributed by atoms with Crippen molar-refractivity contribution in [2.45, 2.75) is 19.9 Å². The second-order valence-corrected chi connectivity index (χ2v) is 5.44. The molecule has 1 atom stereocenters. The van der Waals surface area contributed by atoms with Gasteiger partial charge >= 0.3 is 0 Å². The number of halogens is 2. The van der Waals surface area contributed by atoms with Crippen molar-refractivity contribution in [1.82, 2.24) is 5.32 Å². The molecule has 0 radical (unpaired) electrons. The molecule has 3 heteroatoms. The van der Waals surface area contributed by atoms with Gasteiger partial charge < -0.3 is 5.32 Å². The lowest BCUT2D eigenvalue weighted by Gasteiger charge is -2.14. The Morgan fingerprint density at radius 3 is 2.32 bits per heavy atom. The Balaban J connectivity index is 2.37. The molecular weight excluding hydrogens is 277 g/mol. The van der Waals surface area contributed by atoms with E-state index < -0.39 is 0 Å². The fourth-order valence-electron chi connectivity index (χ4n) is 2.13. The molecule has 100 valence electrons. The zero-order chi connectivity index (χ0) is 13.8. The zero-order valence-corrected chi connectivity index (χ0v) is 12.6. The van der Waals surface area contributed by atoms with Gasteiger partial charge in [0.1, 0.15) is 0 Å². The highest BCUT2D eigenvalue weighted by Crippen LogP contribution is 2.28. The molecule has 1 unspecified atom stereocenters. The van der Waals surface area contributed by atoms with Crippen LogP contribution in [0.4, 0.5) is 0 Å². The lowest BCUT2D eigenvalue weighted by molar-refractivity contribution is 0.598. The minimum Gasteiger partial charge on any atom is -0.310 e. The molecule has 0 aliphatic heterocycles. The van der Waals surface area contributed by atoms with Crippen LogP contribution in [0.1, 0.15) is 25.5 Å². The van der Waals surface area contributed by atoms with Crippen LogP contribution in [0.15, 0.2) is 42.5 Å². The van der Waals surface area contributed by atoms with Gasteiger partial charge in [0, 0.05) is 16.1 Å². The standard InChI is InChI=1S/C16H17Cl2N/c1-3-19-11(2)12-5-4-6-13(7-12)14-8-15(17)10-16(18)9-14/h4-11,19H,3H2,1-2H3. The van der Waals surface area contributed by atoms with E-state index in [1.54, 1.807) is 6.07 Å². The van der Waals surface area contributed by atoms with Crippen LogP contribution in [0.3, 0.4) is 0 Å². The second-order valence-electron chi connectivity index (χ2n) is 4.56. The van der Waals surface area contributed by atoms with Gasteiger partial charge in [0.15, 0.2) is 0 Å². The van der Waals surface area contributed by atoms with Crippen LogP contribution in [0, 0.1) is 0 Å². The number of hydrogen-bond acceptors (Lipinski definition) is 1. The molecule has 2 aromatic rings. The summed E-state index contributed by atoms with van der Waals surface area (Å²) in [7, 11) is 0. The van der Waals surface area contributed by atoms with Gasteiger partial charge in [-0.3, -0.25) is 0 Å². The van der Waals surface area contributed by atoms with Crippen molar-refractivity contribution >= 4 is 23.2 Å². The fraction of sp³-hybridized carbons (Fsp3) is 0.250. The molecule has 0 bridgehead atoms. The van der Waals surface area contributed by atoms with Gasteiger partial charge in [0.25, 0.3) is 0 Å². The molecule has 0 amide bonds. The molecule has 1 nitrogen and oxygen atoms in total. The Morgan fingerprint density at radius 1 is 1.00 bits per heavy atom. The van der Waals surface area contributed by atoms with E-state index in [0.717, 1.165) is 17.7 Å². The summed E-state index contributed by atoms with van der Waals surface area (Å²) in [6.45, 7) is 5.22. The molecular formula is C16H17Cl2N. The smallest absolute Gasteiger partial charge is 0.0426 e. The maximum Gasteiger partial charge on any atom is 0.0426 e. The Labute approximate surface area is 124 Å². The SMILES string of the molecule is CCNC(C)c1cccc(-c2cc(Cl)cc(Cl)c2)c1. The summed E-state index contributed by atoms with van der Waals surface area (Å²) in [6.07, 6.45) is 0. The summed E-state index contributed by atoms with van der Waals surface area (Å²) in [6, 6.07) is 14.4. The lowest BCUT2D eigenvalue weighted by Crippen LogP contribution is -2.17. The van der Waals surface area contributed by atoms with Crippen LogP contribution in [0.2, 0.25) is 10.0 Å². The van der Waals surface area contributed by atoms with Gasteiger partial charge in [-0.25, -0.2) is 0 Å². The quantitative estimate of drug-likeness (QED) is 0.803. The summed E-state index contributed by atoms with van der Waals surface area (Å²) in [4.78, 5) is 0. The second kappa shape index (κ2) is 6.42. The van der Waals surface area contributed by atoms with Crippen molar-refractivity contribution in [1.29, 1.82) is 0 Å². The first-order valence-corrected chi connectivity index (χ1v) is 7.15. The minimum atomic E-state index is 0.333. The van der Waals surface area contributed by atoms with E-state index in [4.69, 9.17) is 23.2 Å². The third-order valence-electron chi connectivity index (χ3n) is 3.09. The average Bonchev–Trinajstić information content (AvgIpc) is 2.38. The third kappa shape index (κ3) is 3.73. The van der Waals surface area contributed by atoms with E-state index in [-0.39, 0.29) is 0 Å². The van der Waals surface area contributed by atoms with Crippen molar-refractivity contribution in [2.24, 2.45) is 0 Å². The highest BCUT2D eigenvalue weighted by atomic mass is 35.5. The minimum absolute atomic E-state index is 0.333. The van der Waals surface area contributed by atoms with Crippen molar-refractivity contribution in [2.75, 3.05) is 6.54 Å². The molecule has 0 heterocycles. The van der Waals surface area contributed by atoms with Crippen molar-refractivity contribution in [3.63, 3.8) is 0 Å². The van der Waals surface area contributed by atoms with Gasteiger partial charge in [-0.15, -0.1) is 0 Å². The Kier molecular flexibility index (Phi) is 4.87. The summed E-state index contributed by atoms with van der Waals surface area (Å²) in [5, 5.41) is 4.73. The van der Waals surface area contributed by atoms with Crippen LogP contribution < -0.4 is 5.32 Å². The monoisotopic (exact) mass is 293 g/mol. The molecule has 2 rings (SSSR count). The van der Waals surface area contributed by atoms with Crippen molar-refractivity contribution in [3.05, 3.63) is 58.1 Å². The molecule has 0 saturated carbocycles. The maximum atomic E-state index is 6.06. The molecule has 0 spiro atoms. The third-order valence-corrected chi connectivity index (χ3v) is 3.53. The normalized spacial score (nSPS) is 12.4. The van der Waals surface area contributed by atoms with Crippen molar-refractivity contribution in [3.8, 4) is 11.1 Å². The van der Waals surface area contributed by atoms with Crippen LogP contribution in [-0.2, 0) is 0 Å². The molecule has 2 aromatic carbocycles. The fourth-order valence-corrected chi connectivity index (χ4v) is 2.66. The van der Waals surface area contributed by atoms with E-state index in [1.165, 1.54) is 5.56 Å². The van der Waals surface area contributed by atoms with Gasteiger partial charge in [-0.1, -0.05) is 48.3 Å². The topological polar surface area (TPSA) is 12.0 Å². The summed E-state index contributed by atoms with van der Waals surface area (Å²) < 4.78 is 0. The predicted molar refractivity (Wildman–Crippen MR) is 84.0 cm³/mol. The maximum absolute atomic E-state index is 6.06. The van der Waals surface area contributed by atoms with Gasteiger partial charge in [0.05, 0.1) is 0 Å². The van der Waals surface area contributed by atoms with E-state index in [0.29, 0.717) is 16.1 Å². The van der Waals surface area contributed by atoms with Gasteiger partial charge in [-0.2, -0.15) is 0 Å². The molecule has 0 fully saturated rings.